The average molecular weight is 382 g/mol. The van der Waals surface area contributed by atoms with E-state index in [2.05, 4.69) is 9.71 Å². The molecule has 0 radical (unpaired) electrons. The maximum absolute atomic E-state index is 13.0. The Morgan fingerprint density at radius 3 is 2.67 bits per heavy atom. The van der Waals surface area contributed by atoms with Gasteiger partial charge in [-0.15, -0.1) is 0 Å². The molecule has 0 aliphatic carbocycles. The Morgan fingerprint density at radius 2 is 2.00 bits per heavy atom. The topological polar surface area (TPSA) is 97.0 Å². The number of ether oxygens (including phenoxy) is 1. The summed E-state index contributed by atoms with van der Waals surface area (Å²) >= 11 is 0. The van der Waals surface area contributed by atoms with Gasteiger partial charge in [-0.1, -0.05) is 24.3 Å². The van der Waals surface area contributed by atoms with Crippen molar-refractivity contribution in [3.8, 4) is 11.8 Å². The third-order valence-corrected chi connectivity index (χ3v) is 5.53. The van der Waals surface area contributed by atoms with Gasteiger partial charge in [-0.05, 0) is 24.3 Å². The van der Waals surface area contributed by atoms with Gasteiger partial charge in [-0.3, -0.25) is 0 Å². The fraction of sp³-hybridized carbons (Fsp3) is 0.158. The number of nitrogens with one attached hydrogen (secondary N) is 1. The van der Waals surface area contributed by atoms with Crippen LogP contribution < -0.4 is 9.46 Å². The lowest BCUT2D eigenvalue weighted by Crippen LogP contribution is -2.31. The number of aromatic nitrogens is 2. The fourth-order valence-electron chi connectivity index (χ4n) is 2.77. The first-order chi connectivity index (χ1) is 13.0. The molecule has 0 unspecified atom stereocenters. The van der Waals surface area contributed by atoms with Crippen molar-refractivity contribution in [3.63, 3.8) is 0 Å². The molecule has 1 atom stereocenters. The van der Waals surface area contributed by atoms with Crippen LogP contribution in [0.2, 0.25) is 0 Å². The van der Waals surface area contributed by atoms with E-state index in [1.54, 1.807) is 48.3 Å². The van der Waals surface area contributed by atoms with Gasteiger partial charge < -0.3 is 9.30 Å². The first kappa shape index (κ1) is 18.6. The summed E-state index contributed by atoms with van der Waals surface area (Å²) in [6.07, 6.45) is 3.34. The van der Waals surface area contributed by atoms with Gasteiger partial charge in [0.25, 0.3) is 0 Å². The van der Waals surface area contributed by atoms with Crippen LogP contribution in [0.3, 0.4) is 0 Å². The molecule has 3 rings (SSSR count). The normalized spacial score (nSPS) is 12.3. The van der Waals surface area contributed by atoms with Gasteiger partial charge in [0.2, 0.25) is 10.0 Å². The van der Waals surface area contributed by atoms with E-state index >= 15 is 0 Å². The van der Waals surface area contributed by atoms with Gasteiger partial charge >= 0.3 is 0 Å². The lowest BCUT2D eigenvalue weighted by Gasteiger charge is -2.21. The molecule has 1 aromatic heterocycles. The SMILES string of the molecule is COc1ccccc1[C@H](NS(=O)(=O)c1cccc(C#N)c1)c1nccn1C. The molecule has 1 N–H and O–H groups in total. The number of nitrogens with zero attached hydrogens (tertiary/aromatic N) is 3. The molecule has 1 heterocycles. The van der Waals surface area contributed by atoms with E-state index in [1.807, 2.05) is 12.1 Å². The second kappa shape index (κ2) is 7.61. The Kier molecular flexibility index (Phi) is 5.26. The van der Waals surface area contributed by atoms with Crippen molar-refractivity contribution in [2.45, 2.75) is 10.9 Å². The molecule has 0 aliphatic heterocycles. The Hall–Kier alpha value is -3.15. The van der Waals surface area contributed by atoms with Gasteiger partial charge in [0.05, 0.1) is 23.6 Å². The Balaban J connectivity index is 2.09. The van der Waals surface area contributed by atoms with Crippen molar-refractivity contribution in [1.29, 1.82) is 5.26 Å². The molecule has 0 saturated carbocycles. The summed E-state index contributed by atoms with van der Waals surface area (Å²) < 4.78 is 35.8. The van der Waals surface area contributed by atoms with Crippen LogP contribution in [0.4, 0.5) is 0 Å². The maximum Gasteiger partial charge on any atom is 0.241 e. The van der Waals surface area contributed by atoms with Crippen LogP contribution in [-0.2, 0) is 17.1 Å². The number of aryl methyl sites for hydroxylation is 1. The van der Waals surface area contributed by atoms with Crippen LogP contribution in [0, 0.1) is 11.3 Å². The smallest absolute Gasteiger partial charge is 0.241 e. The molecule has 8 heteroatoms. The Bertz CT molecular complexity index is 1100. The predicted molar refractivity (Wildman–Crippen MR) is 99.5 cm³/mol. The van der Waals surface area contributed by atoms with Crippen LogP contribution in [0.25, 0.3) is 0 Å². The van der Waals surface area contributed by atoms with Gasteiger partial charge in [0.15, 0.2) is 0 Å². The number of para-hydroxylation sites is 1. The molecule has 27 heavy (non-hydrogen) atoms. The fourth-order valence-corrected chi connectivity index (χ4v) is 3.99. The van der Waals surface area contributed by atoms with Gasteiger partial charge in [0.1, 0.15) is 17.6 Å². The third-order valence-electron chi connectivity index (χ3n) is 4.11. The largest absolute Gasteiger partial charge is 0.496 e. The zero-order valence-corrected chi connectivity index (χ0v) is 15.6. The van der Waals surface area contributed by atoms with Crippen molar-refractivity contribution in [1.82, 2.24) is 14.3 Å². The van der Waals surface area contributed by atoms with Gasteiger partial charge in [0, 0.05) is 25.0 Å². The highest BCUT2D eigenvalue weighted by atomic mass is 32.2. The summed E-state index contributed by atoms with van der Waals surface area (Å²) in [5, 5.41) is 9.05. The van der Waals surface area contributed by atoms with E-state index in [0.29, 0.717) is 17.1 Å². The molecule has 0 saturated heterocycles. The second-order valence-electron chi connectivity index (χ2n) is 5.83. The number of sulfonamides is 1. The molecule has 0 amide bonds. The van der Waals surface area contributed by atoms with Crippen molar-refractivity contribution in [2.24, 2.45) is 7.05 Å². The van der Waals surface area contributed by atoms with Gasteiger partial charge in [-0.2, -0.15) is 9.98 Å². The quantitative estimate of drug-likeness (QED) is 0.706. The molecular formula is C19H18N4O3S. The third kappa shape index (κ3) is 3.84. The lowest BCUT2D eigenvalue weighted by molar-refractivity contribution is 0.405. The summed E-state index contributed by atoms with van der Waals surface area (Å²) in [7, 11) is -0.604. The predicted octanol–water partition coefficient (Wildman–Crippen LogP) is 2.37. The highest BCUT2D eigenvalue weighted by molar-refractivity contribution is 7.89. The van der Waals surface area contributed by atoms with E-state index in [9.17, 15) is 8.42 Å². The standard InChI is InChI=1S/C19H18N4O3S/c1-23-11-10-21-19(23)18(16-8-3-4-9-17(16)26-2)22-27(24,25)15-7-5-6-14(12-15)13-20/h3-12,18,22H,1-2H3/t18-/m0/s1. The molecule has 0 fully saturated rings. The molecule has 0 bridgehead atoms. The molecule has 3 aromatic rings. The van der Waals surface area contributed by atoms with Crippen molar-refractivity contribution in [3.05, 3.63) is 77.9 Å². The summed E-state index contributed by atoms with van der Waals surface area (Å²) in [4.78, 5) is 4.32. The van der Waals surface area contributed by atoms with Crippen LogP contribution in [0.5, 0.6) is 5.75 Å². The number of rotatable bonds is 6. The second-order valence-corrected chi connectivity index (χ2v) is 7.55. The average Bonchev–Trinajstić information content (AvgIpc) is 3.12. The summed E-state index contributed by atoms with van der Waals surface area (Å²) in [6, 6.07) is 14.2. The van der Waals surface area contributed by atoms with Crippen LogP contribution in [0.15, 0.2) is 65.8 Å². The lowest BCUT2D eigenvalue weighted by atomic mass is 10.1. The molecule has 2 aromatic carbocycles. The van der Waals surface area contributed by atoms with Crippen molar-refractivity contribution >= 4 is 10.0 Å². The summed E-state index contributed by atoms with van der Waals surface area (Å²) in [5.41, 5.74) is 0.901. The molecule has 7 nitrogen and oxygen atoms in total. The van der Waals surface area contributed by atoms with Crippen LogP contribution >= 0.6 is 0 Å². The highest BCUT2D eigenvalue weighted by Crippen LogP contribution is 2.30. The number of methoxy groups -OCH3 is 1. The molecule has 0 spiro atoms. The number of hydrogen-bond donors (Lipinski definition) is 1. The first-order valence-electron chi connectivity index (χ1n) is 8.09. The number of benzene rings is 2. The summed E-state index contributed by atoms with van der Waals surface area (Å²) in [5.74, 6) is 1.05. The minimum absolute atomic E-state index is 0.00987. The minimum Gasteiger partial charge on any atom is -0.496 e. The van der Waals surface area contributed by atoms with Crippen LogP contribution in [-0.4, -0.2) is 25.1 Å². The van der Waals surface area contributed by atoms with E-state index in [4.69, 9.17) is 10.00 Å². The number of hydrogen-bond acceptors (Lipinski definition) is 5. The van der Waals surface area contributed by atoms with E-state index in [0.717, 1.165) is 0 Å². The zero-order chi connectivity index (χ0) is 19.4. The van der Waals surface area contributed by atoms with Crippen molar-refractivity contribution in [2.75, 3.05) is 7.11 Å². The highest BCUT2D eigenvalue weighted by Gasteiger charge is 2.28. The van der Waals surface area contributed by atoms with Gasteiger partial charge in [-0.25, -0.2) is 13.4 Å². The Labute approximate surface area is 157 Å². The van der Waals surface area contributed by atoms with Crippen LogP contribution in [0.1, 0.15) is 23.0 Å². The number of imidazole rings is 1. The van der Waals surface area contributed by atoms with E-state index in [-0.39, 0.29) is 10.5 Å². The van der Waals surface area contributed by atoms with E-state index < -0.39 is 16.1 Å². The monoisotopic (exact) mass is 382 g/mol. The summed E-state index contributed by atoms with van der Waals surface area (Å²) in [6.45, 7) is 0. The molecule has 0 aliphatic rings. The van der Waals surface area contributed by atoms with Crippen molar-refractivity contribution < 1.29 is 13.2 Å². The molecular weight excluding hydrogens is 364 g/mol. The minimum atomic E-state index is -3.92. The van der Waals surface area contributed by atoms with E-state index in [1.165, 1.54) is 25.3 Å². The first-order valence-corrected chi connectivity index (χ1v) is 9.57. The zero-order valence-electron chi connectivity index (χ0n) is 14.8. The molecule has 138 valence electrons. The number of nitriles is 1. The Morgan fingerprint density at radius 1 is 1.22 bits per heavy atom. The maximum atomic E-state index is 13.0.